The lowest BCUT2D eigenvalue weighted by Gasteiger charge is -2.38. The maximum absolute atomic E-state index is 6.53. The van der Waals surface area contributed by atoms with Crippen LogP contribution in [0, 0.1) is 0 Å². The SMILES string of the molecule is c1ccc(N2B(c3ccc4c(c3)-c3ccccc3N3B4N4c5ccccc5Oc5cccc3c54)N3c4ccccc4Oc4cccc2c43)cc1. The number of para-hydroxylation sites is 8. The van der Waals surface area contributed by atoms with Gasteiger partial charge in [0.2, 0.25) is 0 Å². The average molecular weight is 640 g/mol. The Morgan fingerprint density at radius 2 is 0.900 bits per heavy atom. The summed E-state index contributed by atoms with van der Waals surface area (Å²) in [6, 6.07) is 56.3. The van der Waals surface area contributed by atoms with E-state index in [1.54, 1.807) is 0 Å². The van der Waals surface area contributed by atoms with Crippen molar-refractivity contribution >= 4 is 70.4 Å². The standard InChI is InChI=1S/C42H26B2N4O2/c1-2-12-28(13-3-1)45-35-18-10-22-39-41(35)47(33-16-6-8-20-37(33)49-39)43(45)27-24-25-31-30(26-27)29-14-4-5-15-32(29)46-36-19-11-23-40-42(36)48(44(31)46)34-17-7-9-21-38(34)50-40/h1-26H. The monoisotopic (exact) mass is 640 g/mol. The molecule has 0 amide bonds. The molecule has 5 aliphatic heterocycles. The molecule has 0 saturated heterocycles. The third-order valence-electron chi connectivity index (χ3n) is 10.8. The van der Waals surface area contributed by atoms with Crippen molar-refractivity contribution < 1.29 is 9.47 Å². The van der Waals surface area contributed by atoms with Crippen molar-refractivity contribution in [3.63, 3.8) is 0 Å². The third-order valence-corrected chi connectivity index (χ3v) is 10.8. The highest BCUT2D eigenvalue weighted by molar-refractivity contribution is 6.88. The fraction of sp³-hybridized carbons (Fsp3) is 0. The number of nitrogens with zero attached hydrogens (tertiary/aromatic N) is 4. The smallest absolute Gasteiger partial charge is 0.421 e. The van der Waals surface area contributed by atoms with Crippen LogP contribution in [0.3, 0.4) is 0 Å². The summed E-state index contributed by atoms with van der Waals surface area (Å²) in [5, 5.41) is 0. The molecule has 7 aromatic carbocycles. The van der Waals surface area contributed by atoms with Crippen LogP contribution < -0.4 is 39.6 Å². The summed E-state index contributed by atoms with van der Waals surface area (Å²) < 4.78 is 13.0. The molecule has 0 aromatic heterocycles. The number of fused-ring (bicyclic) bond motifs is 12. The third kappa shape index (κ3) is 3.30. The van der Waals surface area contributed by atoms with Crippen LogP contribution >= 0.6 is 0 Å². The normalized spacial score (nSPS) is 14.9. The highest BCUT2D eigenvalue weighted by atomic mass is 16.5. The first-order valence-electron chi connectivity index (χ1n) is 17.1. The first kappa shape index (κ1) is 26.4. The molecule has 12 rings (SSSR count). The van der Waals surface area contributed by atoms with Crippen molar-refractivity contribution in [3.8, 4) is 34.1 Å². The number of hydrogen-bond donors (Lipinski definition) is 0. The molecule has 5 heterocycles. The number of benzene rings is 7. The maximum atomic E-state index is 6.53. The predicted molar refractivity (Wildman–Crippen MR) is 204 cm³/mol. The highest BCUT2D eigenvalue weighted by Gasteiger charge is 2.52. The van der Waals surface area contributed by atoms with Crippen LogP contribution in [0.1, 0.15) is 0 Å². The molecular weight excluding hydrogens is 614 g/mol. The van der Waals surface area contributed by atoms with Crippen LogP contribution in [0.4, 0.5) is 45.5 Å². The van der Waals surface area contributed by atoms with Gasteiger partial charge in [0.1, 0.15) is 11.5 Å². The van der Waals surface area contributed by atoms with E-state index >= 15 is 0 Å². The second-order valence-electron chi connectivity index (χ2n) is 13.3. The van der Waals surface area contributed by atoms with E-state index in [2.05, 4.69) is 165 Å². The lowest BCUT2D eigenvalue weighted by atomic mass is 9.56. The van der Waals surface area contributed by atoms with Gasteiger partial charge < -0.3 is 28.7 Å². The quantitative estimate of drug-likeness (QED) is 0.175. The minimum Gasteiger partial charge on any atom is -0.453 e. The van der Waals surface area contributed by atoms with Crippen LogP contribution in [0.5, 0.6) is 23.0 Å². The summed E-state index contributed by atoms with van der Waals surface area (Å²) in [7, 11) is 0. The Labute approximate surface area is 290 Å². The molecule has 0 saturated carbocycles. The minimum absolute atomic E-state index is 0.0723. The Hall–Kier alpha value is -6.53. The van der Waals surface area contributed by atoms with Crippen LogP contribution in [-0.4, -0.2) is 14.0 Å². The van der Waals surface area contributed by atoms with Gasteiger partial charge in [-0.3, -0.25) is 0 Å². The molecule has 0 aliphatic carbocycles. The Morgan fingerprint density at radius 3 is 1.60 bits per heavy atom. The fourth-order valence-electron chi connectivity index (χ4n) is 8.84. The summed E-state index contributed by atoms with van der Waals surface area (Å²) in [6.07, 6.45) is 0. The summed E-state index contributed by atoms with van der Waals surface area (Å²) in [5.74, 6) is 3.49. The lowest BCUT2D eigenvalue weighted by molar-refractivity contribution is 0.478. The largest absolute Gasteiger partial charge is 0.453 e. The van der Waals surface area contributed by atoms with E-state index in [1.165, 1.54) is 27.7 Å². The van der Waals surface area contributed by atoms with E-state index in [4.69, 9.17) is 9.47 Å². The van der Waals surface area contributed by atoms with E-state index in [9.17, 15) is 0 Å². The second kappa shape index (κ2) is 9.55. The second-order valence-corrected chi connectivity index (χ2v) is 13.3. The van der Waals surface area contributed by atoms with E-state index in [0.29, 0.717) is 0 Å². The van der Waals surface area contributed by atoms with Crippen molar-refractivity contribution in [2.45, 2.75) is 0 Å². The molecular formula is C42H26B2N4O2. The molecule has 0 unspecified atom stereocenters. The van der Waals surface area contributed by atoms with E-state index in [1.807, 2.05) is 12.1 Å². The molecule has 232 valence electrons. The van der Waals surface area contributed by atoms with Gasteiger partial charge in [-0.1, -0.05) is 91.0 Å². The van der Waals surface area contributed by atoms with Crippen molar-refractivity contribution in [2.24, 2.45) is 0 Å². The van der Waals surface area contributed by atoms with Crippen molar-refractivity contribution in [2.75, 3.05) is 19.2 Å². The van der Waals surface area contributed by atoms with Gasteiger partial charge in [-0.25, -0.2) is 0 Å². The first-order chi connectivity index (χ1) is 24.8. The molecule has 6 nitrogen and oxygen atoms in total. The van der Waals surface area contributed by atoms with Crippen LogP contribution in [0.2, 0.25) is 0 Å². The average Bonchev–Trinajstić information content (AvgIpc) is 3.72. The van der Waals surface area contributed by atoms with Gasteiger partial charge in [0.15, 0.2) is 11.5 Å². The van der Waals surface area contributed by atoms with E-state index < -0.39 is 0 Å². The molecule has 0 atom stereocenters. The van der Waals surface area contributed by atoms with Gasteiger partial charge in [-0.15, -0.1) is 0 Å². The minimum atomic E-state index is -0.148. The molecule has 8 heteroatoms. The molecule has 0 bridgehead atoms. The number of ether oxygens (including phenoxy) is 2. The van der Waals surface area contributed by atoms with Gasteiger partial charge in [0.05, 0.1) is 34.1 Å². The zero-order valence-corrected chi connectivity index (χ0v) is 26.8. The highest BCUT2D eigenvalue weighted by Crippen LogP contribution is 2.60. The van der Waals surface area contributed by atoms with Crippen LogP contribution in [-0.2, 0) is 0 Å². The Bertz CT molecular complexity index is 2580. The molecule has 0 radical (unpaired) electrons. The summed E-state index contributed by atoms with van der Waals surface area (Å²) in [5.41, 5.74) is 13.9. The van der Waals surface area contributed by atoms with Gasteiger partial charge >= 0.3 is 14.0 Å². The zero-order chi connectivity index (χ0) is 32.5. The topological polar surface area (TPSA) is 31.4 Å². The molecule has 0 N–H and O–H groups in total. The van der Waals surface area contributed by atoms with Crippen molar-refractivity contribution in [1.29, 1.82) is 0 Å². The molecule has 5 aliphatic rings. The van der Waals surface area contributed by atoms with Gasteiger partial charge in [0.25, 0.3) is 0 Å². The van der Waals surface area contributed by atoms with Gasteiger partial charge in [-0.05, 0) is 83.2 Å². The maximum Gasteiger partial charge on any atom is 0.421 e. The zero-order valence-electron chi connectivity index (χ0n) is 26.8. The Balaban J connectivity index is 1.10. The summed E-state index contributed by atoms with van der Waals surface area (Å²) in [6.45, 7) is -0.220. The van der Waals surface area contributed by atoms with E-state index in [0.717, 1.165) is 62.8 Å². The number of rotatable bonds is 2. The molecule has 50 heavy (non-hydrogen) atoms. The molecule has 0 fully saturated rings. The van der Waals surface area contributed by atoms with Crippen LogP contribution in [0.15, 0.2) is 158 Å². The Morgan fingerprint density at radius 1 is 0.360 bits per heavy atom. The van der Waals surface area contributed by atoms with Crippen molar-refractivity contribution in [1.82, 2.24) is 0 Å². The molecule has 7 aromatic rings. The number of hydrogen-bond acceptors (Lipinski definition) is 6. The number of anilines is 8. The van der Waals surface area contributed by atoms with E-state index in [-0.39, 0.29) is 14.0 Å². The predicted octanol–water partition coefficient (Wildman–Crippen LogP) is 9.25. The lowest BCUT2D eigenvalue weighted by Crippen LogP contribution is -2.58. The van der Waals surface area contributed by atoms with Crippen LogP contribution in [0.25, 0.3) is 11.1 Å². The first-order valence-corrected chi connectivity index (χ1v) is 17.1. The fourth-order valence-corrected chi connectivity index (χ4v) is 8.84. The van der Waals surface area contributed by atoms with Gasteiger partial charge in [-0.2, -0.15) is 0 Å². The summed E-state index contributed by atoms with van der Waals surface area (Å²) >= 11 is 0. The summed E-state index contributed by atoms with van der Waals surface area (Å²) in [4.78, 5) is 9.90. The Kier molecular flexibility index (Phi) is 5.05. The van der Waals surface area contributed by atoms with Gasteiger partial charge in [0, 0.05) is 16.9 Å². The van der Waals surface area contributed by atoms with Crippen molar-refractivity contribution in [3.05, 3.63) is 158 Å². The molecule has 0 spiro atoms.